The number of amides is 3. The molecule has 1 aromatic heterocycles. The third kappa shape index (κ3) is 7.31. The number of nitrogens with zero attached hydrogens (tertiary/aromatic N) is 3. The average Bonchev–Trinajstić information content (AvgIpc) is 3.33. The summed E-state index contributed by atoms with van der Waals surface area (Å²) in [6.45, 7) is 7.00. The Bertz CT molecular complexity index is 1570. The molecule has 2 aromatic carbocycles. The highest BCUT2D eigenvalue weighted by Crippen LogP contribution is 2.30. The molecular formula is C30H39N5O8S. The van der Waals surface area contributed by atoms with Gasteiger partial charge in [-0.05, 0) is 63.2 Å². The van der Waals surface area contributed by atoms with Crippen LogP contribution in [-0.2, 0) is 21.2 Å². The highest BCUT2D eigenvalue weighted by molar-refractivity contribution is 7.89. The van der Waals surface area contributed by atoms with Crippen LogP contribution in [0.3, 0.4) is 0 Å². The number of fused-ring (bicyclic) bond motifs is 1. The van der Waals surface area contributed by atoms with Crippen LogP contribution in [0, 0.1) is 19.8 Å². The lowest BCUT2D eigenvalue weighted by molar-refractivity contribution is -0.134. The molecule has 2 heterocycles. The Morgan fingerprint density at radius 1 is 1.20 bits per heavy atom. The molecule has 3 atom stereocenters. The Morgan fingerprint density at radius 3 is 2.52 bits per heavy atom. The van der Waals surface area contributed by atoms with Crippen LogP contribution in [0.1, 0.15) is 30.9 Å². The zero-order valence-corrected chi connectivity index (χ0v) is 26.5. The highest BCUT2D eigenvalue weighted by Gasteiger charge is 2.33. The fourth-order valence-electron chi connectivity index (χ4n) is 4.94. The smallest absolute Gasteiger partial charge is 0.323 e. The van der Waals surface area contributed by atoms with Gasteiger partial charge in [0, 0.05) is 30.8 Å². The summed E-state index contributed by atoms with van der Waals surface area (Å²) in [6, 6.07) is 10.1. The van der Waals surface area contributed by atoms with Crippen LogP contribution in [0.25, 0.3) is 0 Å². The van der Waals surface area contributed by atoms with E-state index in [2.05, 4.69) is 15.8 Å². The lowest BCUT2D eigenvalue weighted by Crippen LogP contribution is -2.48. The second-order valence-electron chi connectivity index (χ2n) is 10.9. The molecule has 0 aliphatic carbocycles. The molecule has 3 N–H and O–H groups in total. The van der Waals surface area contributed by atoms with Gasteiger partial charge in [-0.15, -0.1) is 0 Å². The second kappa shape index (κ2) is 13.7. The van der Waals surface area contributed by atoms with Gasteiger partial charge in [-0.2, -0.15) is 4.31 Å². The third-order valence-corrected chi connectivity index (χ3v) is 9.49. The van der Waals surface area contributed by atoms with Gasteiger partial charge in [0.15, 0.2) is 5.76 Å². The van der Waals surface area contributed by atoms with Gasteiger partial charge < -0.3 is 34.6 Å². The Labute approximate surface area is 257 Å². The van der Waals surface area contributed by atoms with Gasteiger partial charge in [-0.3, -0.25) is 4.79 Å². The molecule has 13 nitrogen and oxygen atoms in total. The summed E-state index contributed by atoms with van der Waals surface area (Å²) in [5.41, 5.74) is 1.90. The van der Waals surface area contributed by atoms with E-state index in [9.17, 15) is 23.1 Å². The van der Waals surface area contributed by atoms with Crippen LogP contribution in [0.5, 0.6) is 11.5 Å². The number of urea groups is 1. The molecule has 3 aromatic rings. The first-order chi connectivity index (χ1) is 20.8. The number of aliphatic hydroxyl groups excluding tert-OH is 1. The number of likely N-dealkylation sites (N-methyl/N-ethyl adjacent to an activating group) is 1. The van der Waals surface area contributed by atoms with Crippen molar-refractivity contribution >= 4 is 33.3 Å². The normalized spacial score (nSPS) is 18.0. The van der Waals surface area contributed by atoms with Crippen molar-refractivity contribution < 1.29 is 37.1 Å². The maximum absolute atomic E-state index is 13.5. The lowest BCUT2D eigenvalue weighted by atomic mass is 10.0. The van der Waals surface area contributed by atoms with E-state index in [1.54, 1.807) is 56.0 Å². The van der Waals surface area contributed by atoms with Crippen LogP contribution in [0.2, 0.25) is 0 Å². The summed E-state index contributed by atoms with van der Waals surface area (Å²) in [7, 11) is -0.893. The number of aryl methyl sites for hydroxylation is 2. The van der Waals surface area contributed by atoms with E-state index >= 15 is 0 Å². The van der Waals surface area contributed by atoms with E-state index in [4.69, 9.17) is 14.0 Å². The first kappa shape index (κ1) is 32.8. The summed E-state index contributed by atoms with van der Waals surface area (Å²) in [4.78, 5) is 27.9. The number of rotatable bonds is 9. The minimum absolute atomic E-state index is 0.00957. The molecule has 0 radical (unpaired) electrons. The molecule has 0 bridgehead atoms. The topological polar surface area (TPSA) is 164 Å². The van der Waals surface area contributed by atoms with Crippen molar-refractivity contribution in [3.05, 3.63) is 59.5 Å². The van der Waals surface area contributed by atoms with Gasteiger partial charge >= 0.3 is 6.03 Å². The molecule has 238 valence electrons. The van der Waals surface area contributed by atoms with Crippen LogP contribution in [0.15, 0.2) is 51.9 Å². The first-order valence-corrected chi connectivity index (χ1v) is 15.6. The molecule has 0 saturated heterocycles. The molecule has 3 amide bonds. The number of hydrogen-bond acceptors (Lipinski definition) is 9. The largest absolute Gasteiger partial charge is 0.497 e. The van der Waals surface area contributed by atoms with Crippen molar-refractivity contribution in [1.29, 1.82) is 0 Å². The van der Waals surface area contributed by atoms with Gasteiger partial charge in [0.2, 0.25) is 15.9 Å². The van der Waals surface area contributed by atoms with Gasteiger partial charge in [0.25, 0.3) is 0 Å². The van der Waals surface area contributed by atoms with Gasteiger partial charge in [0.1, 0.15) is 29.0 Å². The summed E-state index contributed by atoms with van der Waals surface area (Å²) < 4.78 is 44.8. The first-order valence-electron chi connectivity index (χ1n) is 14.1. The minimum atomic E-state index is -3.88. The molecule has 1 aliphatic heterocycles. The maximum Gasteiger partial charge on any atom is 0.323 e. The minimum Gasteiger partial charge on any atom is -0.497 e. The van der Waals surface area contributed by atoms with Crippen LogP contribution in [0.4, 0.5) is 16.2 Å². The Balaban J connectivity index is 1.62. The zero-order valence-electron chi connectivity index (χ0n) is 25.7. The molecular weight excluding hydrogens is 590 g/mol. The molecule has 4 rings (SSSR count). The van der Waals surface area contributed by atoms with Gasteiger partial charge in [-0.1, -0.05) is 12.1 Å². The number of aliphatic hydroxyl groups is 1. The number of anilines is 2. The van der Waals surface area contributed by atoms with Gasteiger partial charge in [-0.25, -0.2) is 13.2 Å². The van der Waals surface area contributed by atoms with Crippen molar-refractivity contribution in [2.75, 3.05) is 44.5 Å². The van der Waals surface area contributed by atoms with E-state index in [0.717, 1.165) is 0 Å². The Kier molecular flexibility index (Phi) is 10.2. The summed E-state index contributed by atoms with van der Waals surface area (Å²) in [5.74, 6) is 0.838. The maximum atomic E-state index is 13.5. The predicted octanol–water partition coefficient (Wildman–Crippen LogP) is 3.41. The van der Waals surface area contributed by atoms with Crippen molar-refractivity contribution in [3.63, 3.8) is 0 Å². The number of ether oxygens (including phenoxy) is 2. The highest BCUT2D eigenvalue weighted by atomic mass is 32.2. The van der Waals surface area contributed by atoms with E-state index in [0.29, 0.717) is 39.9 Å². The van der Waals surface area contributed by atoms with Crippen molar-refractivity contribution in [2.24, 2.45) is 5.92 Å². The van der Waals surface area contributed by atoms with Crippen LogP contribution >= 0.6 is 0 Å². The summed E-state index contributed by atoms with van der Waals surface area (Å²) in [6.07, 6.45) is -0.715. The van der Waals surface area contributed by atoms with E-state index in [1.807, 2.05) is 6.92 Å². The molecule has 0 fully saturated rings. The Hall–Kier alpha value is -4.14. The van der Waals surface area contributed by atoms with E-state index < -0.39 is 28.2 Å². The fraction of sp³-hybridized carbons (Fsp3) is 0.433. The Morgan fingerprint density at radius 2 is 1.91 bits per heavy atom. The van der Waals surface area contributed by atoms with Crippen LogP contribution in [-0.4, -0.2) is 85.8 Å². The van der Waals surface area contributed by atoms with Crippen molar-refractivity contribution in [3.8, 4) is 11.5 Å². The fourth-order valence-corrected chi connectivity index (χ4v) is 6.12. The standard InChI is InChI=1S/C30H39N5O8S/c1-18-15-35(19(2)17-36)28(37)14-22-13-23(31-30(38)32-29-20(3)33-43-21(29)4)7-12-26(22)42-27(18)16-34(5)44(39,40)25-10-8-24(41-6)9-11-25/h7-13,18-19,27,36H,14-17H2,1-6H3,(H2,31,32,38)/t18-,19-,27+/m1/s1. The zero-order chi connectivity index (χ0) is 32.2. The second-order valence-corrected chi connectivity index (χ2v) is 13.0. The molecule has 14 heteroatoms. The van der Waals surface area contributed by atoms with Crippen LogP contribution < -0.4 is 20.1 Å². The number of aromatic nitrogens is 1. The quantitative estimate of drug-likeness (QED) is 0.322. The van der Waals surface area contributed by atoms with Gasteiger partial charge in [0.05, 0.1) is 37.6 Å². The van der Waals surface area contributed by atoms with Crippen molar-refractivity contribution in [2.45, 2.75) is 51.2 Å². The predicted molar refractivity (Wildman–Crippen MR) is 163 cm³/mol. The number of benzene rings is 2. The average molecular weight is 630 g/mol. The number of carbonyl (C=O) groups excluding carboxylic acids is 2. The number of hydrogen-bond donors (Lipinski definition) is 3. The molecule has 0 spiro atoms. The SMILES string of the molecule is COc1ccc(S(=O)(=O)N(C)C[C@@H]2Oc3ccc(NC(=O)Nc4c(C)noc4C)cc3CC(=O)N([C@H](C)CO)C[C@H]2C)cc1. The molecule has 44 heavy (non-hydrogen) atoms. The number of nitrogens with one attached hydrogen (secondary N) is 2. The summed E-state index contributed by atoms with van der Waals surface area (Å²) >= 11 is 0. The number of methoxy groups -OCH3 is 1. The molecule has 1 aliphatic rings. The lowest BCUT2D eigenvalue weighted by Gasteiger charge is -2.33. The third-order valence-electron chi connectivity index (χ3n) is 7.65. The van der Waals surface area contributed by atoms with E-state index in [1.165, 1.54) is 30.6 Å². The number of sulfonamides is 1. The molecule has 0 saturated carbocycles. The summed E-state index contributed by atoms with van der Waals surface area (Å²) in [5, 5.41) is 19.2. The van der Waals surface area contributed by atoms with E-state index in [-0.39, 0.29) is 42.8 Å². The van der Waals surface area contributed by atoms with Crippen molar-refractivity contribution in [1.82, 2.24) is 14.4 Å². The molecule has 0 unspecified atom stereocenters. The monoisotopic (exact) mass is 629 g/mol. The number of carbonyl (C=O) groups is 2.